The van der Waals surface area contributed by atoms with Gasteiger partial charge in [0.2, 0.25) is 5.88 Å². The van der Waals surface area contributed by atoms with Crippen molar-refractivity contribution in [3.05, 3.63) is 76.4 Å². The van der Waals surface area contributed by atoms with E-state index in [1.807, 2.05) is 11.9 Å². The molecular weight excluding hydrogens is 460 g/mol. The van der Waals surface area contributed by atoms with Crippen LogP contribution in [0.5, 0.6) is 11.6 Å². The maximum atomic E-state index is 15.0. The Balaban J connectivity index is 2.61. The van der Waals surface area contributed by atoms with E-state index in [0.29, 0.717) is 29.2 Å². The molecule has 1 aliphatic heterocycles. The second kappa shape index (κ2) is 12.6. The molecule has 0 saturated carbocycles. The largest absolute Gasteiger partial charge is 0.484 e. The standard InChI is InChI=1S/C27H34F4N2O2/c1-7-10-19(27(29,30)31)15-22(23(28)8-2)21(18(3)4)17-24-25(11-9-14-33(24)5)35-20-12-13-32-26(16-20)34-6/h8,10,12-13,15-17,25H,7,9,11,14H2,1-6H3/b19-10-,22-15-,23-8+,24-17-. The van der Waals surface area contributed by atoms with Crippen molar-refractivity contribution in [2.75, 3.05) is 20.7 Å². The van der Waals surface area contributed by atoms with Gasteiger partial charge in [-0.1, -0.05) is 24.6 Å². The van der Waals surface area contributed by atoms with Gasteiger partial charge < -0.3 is 14.4 Å². The maximum absolute atomic E-state index is 15.0. The number of hydrogen-bond donors (Lipinski definition) is 0. The zero-order valence-electron chi connectivity index (χ0n) is 21.2. The Morgan fingerprint density at radius 3 is 2.57 bits per heavy atom. The number of likely N-dealkylation sites (N-methyl/N-ethyl adjacent to an activating group) is 1. The van der Waals surface area contributed by atoms with Crippen LogP contribution in [-0.2, 0) is 0 Å². The molecule has 4 nitrogen and oxygen atoms in total. The first kappa shape index (κ1) is 28.2. The first-order chi connectivity index (χ1) is 16.5. The minimum absolute atomic E-state index is 0.111. The molecule has 2 heterocycles. The minimum atomic E-state index is -4.59. The SMILES string of the molecule is C\C=C(F)/C(=C\C(=C\CC)C(F)(F)F)C(/C=C1/C(Oc2ccnc(OC)c2)CCCN1C)=C(C)C. The normalized spacial score (nSPS) is 19.1. The van der Waals surface area contributed by atoms with Crippen LogP contribution in [0.1, 0.15) is 47.0 Å². The van der Waals surface area contributed by atoms with Crippen molar-refractivity contribution >= 4 is 0 Å². The van der Waals surface area contributed by atoms with Crippen molar-refractivity contribution in [2.24, 2.45) is 0 Å². The van der Waals surface area contributed by atoms with Gasteiger partial charge in [0.1, 0.15) is 17.7 Å². The first-order valence-electron chi connectivity index (χ1n) is 11.6. The van der Waals surface area contributed by atoms with Crippen LogP contribution in [-0.4, -0.2) is 42.9 Å². The van der Waals surface area contributed by atoms with Gasteiger partial charge in [-0.05, 0) is 63.8 Å². The number of methoxy groups -OCH3 is 1. The highest BCUT2D eigenvalue weighted by Crippen LogP contribution is 2.35. The van der Waals surface area contributed by atoms with Crippen LogP contribution < -0.4 is 9.47 Å². The number of nitrogens with zero attached hydrogens (tertiary/aromatic N) is 2. The van der Waals surface area contributed by atoms with Crippen LogP contribution in [0.25, 0.3) is 0 Å². The van der Waals surface area contributed by atoms with Gasteiger partial charge >= 0.3 is 6.18 Å². The minimum Gasteiger partial charge on any atom is -0.484 e. The van der Waals surface area contributed by atoms with E-state index in [2.05, 4.69) is 4.98 Å². The number of likely N-dealkylation sites (tertiary alicyclic amines) is 1. The predicted octanol–water partition coefficient (Wildman–Crippen LogP) is 7.48. The van der Waals surface area contributed by atoms with Crippen LogP contribution in [0, 0.1) is 0 Å². The Morgan fingerprint density at radius 1 is 1.29 bits per heavy atom. The maximum Gasteiger partial charge on any atom is 0.416 e. The molecule has 8 heteroatoms. The fourth-order valence-corrected chi connectivity index (χ4v) is 3.80. The van der Waals surface area contributed by atoms with E-state index in [4.69, 9.17) is 9.47 Å². The van der Waals surface area contributed by atoms with Gasteiger partial charge in [0.05, 0.1) is 18.4 Å². The number of ether oxygens (including phenoxy) is 2. The fourth-order valence-electron chi connectivity index (χ4n) is 3.80. The quantitative estimate of drug-likeness (QED) is 0.277. The first-order valence-corrected chi connectivity index (χ1v) is 11.6. The third kappa shape index (κ3) is 7.73. The van der Waals surface area contributed by atoms with Crippen LogP contribution in [0.15, 0.2) is 76.4 Å². The summed E-state index contributed by atoms with van der Waals surface area (Å²) in [5, 5.41) is 0. The lowest BCUT2D eigenvalue weighted by molar-refractivity contribution is -0.0884. The smallest absolute Gasteiger partial charge is 0.416 e. The van der Waals surface area contributed by atoms with Crippen molar-refractivity contribution in [1.82, 2.24) is 9.88 Å². The van der Waals surface area contributed by atoms with Crippen LogP contribution >= 0.6 is 0 Å². The summed E-state index contributed by atoms with van der Waals surface area (Å²) >= 11 is 0. The number of hydrogen-bond acceptors (Lipinski definition) is 4. The predicted molar refractivity (Wildman–Crippen MR) is 131 cm³/mol. The Morgan fingerprint density at radius 2 is 2.00 bits per heavy atom. The third-order valence-corrected chi connectivity index (χ3v) is 5.61. The molecule has 0 N–H and O–H groups in total. The summed E-state index contributed by atoms with van der Waals surface area (Å²) in [5.74, 6) is 0.242. The number of rotatable bonds is 8. The Bertz CT molecular complexity index is 1030. The van der Waals surface area contributed by atoms with Gasteiger partial charge in [0.25, 0.3) is 0 Å². The lowest BCUT2D eigenvalue weighted by Crippen LogP contribution is -2.36. The summed E-state index contributed by atoms with van der Waals surface area (Å²) in [6.07, 6.45) is 3.23. The molecular formula is C27H34F4N2O2. The third-order valence-electron chi connectivity index (χ3n) is 5.61. The van der Waals surface area contributed by atoms with Gasteiger partial charge in [0, 0.05) is 31.4 Å². The number of alkyl halides is 3. The topological polar surface area (TPSA) is 34.6 Å². The average Bonchev–Trinajstić information content (AvgIpc) is 2.80. The summed E-state index contributed by atoms with van der Waals surface area (Å²) in [7, 11) is 3.41. The Labute approximate surface area is 205 Å². The van der Waals surface area contributed by atoms with E-state index >= 15 is 4.39 Å². The van der Waals surface area contributed by atoms with E-state index in [1.165, 1.54) is 20.1 Å². The van der Waals surface area contributed by atoms with E-state index in [-0.39, 0.29) is 18.1 Å². The molecule has 0 aromatic carbocycles. The van der Waals surface area contributed by atoms with Crippen LogP contribution in [0.2, 0.25) is 0 Å². The summed E-state index contributed by atoms with van der Waals surface area (Å²) in [6, 6.07) is 3.39. The summed E-state index contributed by atoms with van der Waals surface area (Å²) in [6.45, 7) is 7.34. The summed E-state index contributed by atoms with van der Waals surface area (Å²) < 4.78 is 67.4. The van der Waals surface area contributed by atoms with E-state index < -0.39 is 17.6 Å². The molecule has 2 rings (SSSR count). The summed E-state index contributed by atoms with van der Waals surface area (Å²) in [5.41, 5.74) is 0.836. The average molecular weight is 495 g/mol. The number of halogens is 4. The van der Waals surface area contributed by atoms with Crippen molar-refractivity contribution in [3.8, 4) is 11.6 Å². The van der Waals surface area contributed by atoms with Gasteiger partial charge in [-0.3, -0.25) is 0 Å². The van der Waals surface area contributed by atoms with E-state index in [1.54, 1.807) is 45.2 Å². The number of piperidine rings is 1. The van der Waals surface area contributed by atoms with Gasteiger partial charge in [0.15, 0.2) is 0 Å². The van der Waals surface area contributed by atoms with Crippen molar-refractivity contribution in [2.45, 2.75) is 59.2 Å². The lowest BCUT2D eigenvalue weighted by Gasteiger charge is -2.35. The van der Waals surface area contributed by atoms with Crippen LogP contribution in [0.4, 0.5) is 17.6 Å². The molecule has 0 spiro atoms. The molecule has 192 valence electrons. The Hall–Kier alpha value is -3.03. The highest BCUT2D eigenvalue weighted by molar-refractivity contribution is 5.55. The molecule has 1 atom stereocenters. The van der Waals surface area contributed by atoms with Crippen molar-refractivity contribution < 1.29 is 27.0 Å². The number of allylic oxidation sites excluding steroid dienone is 9. The molecule has 0 bridgehead atoms. The monoisotopic (exact) mass is 494 g/mol. The second-order valence-electron chi connectivity index (χ2n) is 8.45. The van der Waals surface area contributed by atoms with Gasteiger partial charge in [-0.2, -0.15) is 13.2 Å². The lowest BCUT2D eigenvalue weighted by atomic mass is 9.93. The number of aromatic nitrogens is 1. The van der Waals surface area contributed by atoms with Crippen molar-refractivity contribution in [3.63, 3.8) is 0 Å². The molecule has 0 amide bonds. The molecule has 1 unspecified atom stereocenters. The van der Waals surface area contributed by atoms with Gasteiger partial charge in [-0.25, -0.2) is 9.37 Å². The summed E-state index contributed by atoms with van der Waals surface area (Å²) in [4.78, 5) is 6.08. The molecule has 1 aromatic rings. The second-order valence-corrected chi connectivity index (χ2v) is 8.45. The zero-order valence-corrected chi connectivity index (χ0v) is 21.2. The van der Waals surface area contributed by atoms with Crippen molar-refractivity contribution in [1.29, 1.82) is 0 Å². The number of pyridine rings is 1. The molecule has 1 aliphatic rings. The molecule has 1 fully saturated rings. The molecule has 1 saturated heterocycles. The highest BCUT2D eigenvalue weighted by Gasteiger charge is 2.33. The fraction of sp³-hybridized carbons (Fsp3) is 0.444. The molecule has 0 aliphatic carbocycles. The zero-order chi connectivity index (χ0) is 26.2. The Kier molecular flexibility index (Phi) is 10.2. The van der Waals surface area contributed by atoms with Crippen LogP contribution in [0.3, 0.4) is 0 Å². The molecule has 1 aromatic heterocycles. The van der Waals surface area contributed by atoms with E-state index in [9.17, 15) is 13.2 Å². The highest BCUT2D eigenvalue weighted by atomic mass is 19.4. The molecule has 0 radical (unpaired) electrons. The van der Waals surface area contributed by atoms with E-state index in [0.717, 1.165) is 30.8 Å². The van der Waals surface area contributed by atoms with Gasteiger partial charge in [-0.15, -0.1) is 0 Å². The molecule has 35 heavy (non-hydrogen) atoms.